The molecule has 1 unspecified atom stereocenters. The molecule has 0 aliphatic carbocycles. The van der Waals surface area contributed by atoms with Crippen LogP contribution >= 0.6 is 0 Å². The Morgan fingerprint density at radius 1 is 1.21 bits per heavy atom. The molecule has 0 aromatic heterocycles. The minimum Gasteiger partial charge on any atom is -0.493 e. The first kappa shape index (κ1) is 15.8. The number of benzene rings is 1. The summed E-state index contributed by atoms with van der Waals surface area (Å²) in [5.41, 5.74) is 0.911. The zero-order valence-corrected chi connectivity index (χ0v) is 11.3. The van der Waals surface area contributed by atoms with Gasteiger partial charge in [-0.2, -0.15) is 13.2 Å². The highest BCUT2D eigenvalue weighted by Gasteiger charge is 2.27. The summed E-state index contributed by atoms with van der Waals surface area (Å²) in [6.45, 7) is 4.48. The second-order valence-corrected chi connectivity index (χ2v) is 4.27. The molecule has 0 amide bonds. The molecule has 0 aliphatic heterocycles. The van der Waals surface area contributed by atoms with Gasteiger partial charge >= 0.3 is 6.18 Å². The average molecular weight is 275 g/mol. The second kappa shape index (κ2) is 7.38. The Morgan fingerprint density at radius 3 is 2.47 bits per heavy atom. The van der Waals surface area contributed by atoms with Crippen LogP contribution in [0.4, 0.5) is 13.2 Å². The van der Waals surface area contributed by atoms with Gasteiger partial charge in [0.25, 0.3) is 0 Å². The first-order chi connectivity index (χ1) is 8.98. The van der Waals surface area contributed by atoms with Crippen molar-refractivity contribution in [3.05, 3.63) is 29.8 Å². The predicted molar refractivity (Wildman–Crippen MR) is 69.3 cm³/mol. The molecule has 0 aliphatic rings. The molecule has 1 aromatic carbocycles. The van der Waals surface area contributed by atoms with E-state index in [2.05, 4.69) is 5.32 Å². The molecular formula is C14H20F3NO. The molecule has 1 atom stereocenters. The number of rotatable bonds is 7. The van der Waals surface area contributed by atoms with E-state index < -0.39 is 12.6 Å². The lowest BCUT2D eigenvalue weighted by Gasteiger charge is -2.20. The Labute approximate surface area is 112 Å². The predicted octanol–water partition coefficient (Wildman–Crippen LogP) is 4.08. The van der Waals surface area contributed by atoms with Gasteiger partial charge in [0.05, 0.1) is 13.0 Å². The van der Waals surface area contributed by atoms with Gasteiger partial charge in [0.15, 0.2) is 0 Å². The lowest BCUT2D eigenvalue weighted by molar-refractivity contribution is -0.139. The molecule has 19 heavy (non-hydrogen) atoms. The van der Waals surface area contributed by atoms with Crippen molar-refractivity contribution >= 4 is 0 Å². The number of alkyl halides is 3. The largest absolute Gasteiger partial charge is 0.493 e. The Kier molecular flexibility index (Phi) is 6.15. The smallest absolute Gasteiger partial charge is 0.392 e. The maximum Gasteiger partial charge on any atom is 0.392 e. The fourth-order valence-corrected chi connectivity index (χ4v) is 1.90. The summed E-state index contributed by atoms with van der Waals surface area (Å²) in [6, 6.07) is 7.34. The lowest BCUT2D eigenvalue weighted by atomic mass is 10.0. The fourth-order valence-electron chi connectivity index (χ4n) is 1.90. The van der Waals surface area contributed by atoms with Gasteiger partial charge in [0.2, 0.25) is 0 Å². The molecule has 1 N–H and O–H groups in total. The van der Waals surface area contributed by atoms with Gasteiger partial charge in [-0.25, -0.2) is 0 Å². The molecule has 0 spiro atoms. The van der Waals surface area contributed by atoms with Crippen molar-refractivity contribution in [3.8, 4) is 5.75 Å². The average Bonchev–Trinajstić information content (AvgIpc) is 2.35. The number of hydrogen-bond donors (Lipinski definition) is 1. The van der Waals surface area contributed by atoms with Gasteiger partial charge in [-0.1, -0.05) is 32.0 Å². The van der Waals surface area contributed by atoms with Crippen molar-refractivity contribution in [2.24, 2.45) is 0 Å². The second-order valence-electron chi connectivity index (χ2n) is 4.27. The molecule has 108 valence electrons. The van der Waals surface area contributed by atoms with Crippen molar-refractivity contribution in [2.75, 3.05) is 13.2 Å². The Morgan fingerprint density at radius 2 is 1.89 bits per heavy atom. The summed E-state index contributed by atoms with van der Waals surface area (Å²) in [5, 5.41) is 3.29. The standard InChI is InChI=1S/C14H20F3NO/c1-3-12(18-4-2)11-7-5-6-8-13(11)19-10-9-14(15,16)17/h5-8,12,18H,3-4,9-10H2,1-2H3. The van der Waals surface area contributed by atoms with Crippen LogP contribution in [0.25, 0.3) is 0 Å². The van der Waals surface area contributed by atoms with Gasteiger partial charge in [-0.3, -0.25) is 0 Å². The summed E-state index contributed by atoms with van der Waals surface area (Å²) < 4.78 is 41.6. The molecule has 0 saturated heterocycles. The molecule has 5 heteroatoms. The topological polar surface area (TPSA) is 21.3 Å². The van der Waals surface area contributed by atoms with Gasteiger partial charge in [0, 0.05) is 11.6 Å². The molecule has 1 rings (SSSR count). The van der Waals surface area contributed by atoms with Gasteiger partial charge in [-0.15, -0.1) is 0 Å². The number of nitrogens with one attached hydrogen (secondary N) is 1. The molecule has 0 heterocycles. The Bertz CT molecular complexity index is 379. The molecule has 2 nitrogen and oxygen atoms in total. The maximum absolute atomic E-state index is 12.1. The normalized spacial score (nSPS) is 13.3. The highest BCUT2D eigenvalue weighted by atomic mass is 19.4. The summed E-state index contributed by atoms with van der Waals surface area (Å²) in [6.07, 6.45) is -4.26. The minimum atomic E-state index is -4.18. The van der Waals surface area contributed by atoms with Crippen LogP contribution in [-0.4, -0.2) is 19.3 Å². The summed E-state index contributed by atoms with van der Waals surface area (Å²) >= 11 is 0. The van der Waals surface area contributed by atoms with Gasteiger partial charge < -0.3 is 10.1 Å². The number of para-hydroxylation sites is 1. The van der Waals surface area contributed by atoms with E-state index in [4.69, 9.17) is 4.74 Å². The number of halogens is 3. The highest BCUT2D eigenvalue weighted by Crippen LogP contribution is 2.28. The zero-order valence-electron chi connectivity index (χ0n) is 11.3. The van der Waals surface area contributed by atoms with Crippen molar-refractivity contribution in [1.82, 2.24) is 5.32 Å². The Hall–Kier alpha value is -1.23. The van der Waals surface area contributed by atoms with Crippen LogP contribution in [0.5, 0.6) is 5.75 Å². The van der Waals surface area contributed by atoms with E-state index in [1.165, 1.54) is 0 Å². The quantitative estimate of drug-likeness (QED) is 0.809. The zero-order chi connectivity index (χ0) is 14.3. The summed E-state index contributed by atoms with van der Waals surface area (Å²) in [4.78, 5) is 0. The van der Waals surface area contributed by atoms with Gasteiger partial charge in [0.1, 0.15) is 5.75 Å². The number of ether oxygens (including phenoxy) is 1. The van der Waals surface area contributed by atoms with Crippen LogP contribution < -0.4 is 10.1 Å². The third-order valence-corrected chi connectivity index (χ3v) is 2.80. The van der Waals surface area contributed by atoms with E-state index in [1.54, 1.807) is 12.1 Å². The van der Waals surface area contributed by atoms with E-state index in [-0.39, 0.29) is 12.6 Å². The SMILES string of the molecule is CCNC(CC)c1ccccc1OCCC(F)(F)F. The third-order valence-electron chi connectivity index (χ3n) is 2.80. The van der Waals surface area contributed by atoms with Crippen molar-refractivity contribution in [3.63, 3.8) is 0 Å². The van der Waals surface area contributed by atoms with E-state index in [1.807, 2.05) is 26.0 Å². The molecule has 0 fully saturated rings. The van der Waals surface area contributed by atoms with Crippen LogP contribution in [0.2, 0.25) is 0 Å². The molecule has 1 aromatic rings. The van der Waals surface area contributed by atoms with Crippen LogP contribution in [0.3, 0.4) is 0 Å². The van der Waals surface area contributed by atoms with Crippen molar-refractivity contribution in [2.45, 2.75) is 38.9 Å². The highest BCUT2D eigenvalue weighted by molar-refractivity contribution is 5.35. The molecule has 0 bridgehead atoms. The van der Waals surface area contributed by atoms with Crippen molar-refractivity contribution in [1.29, 1.82) is 0 Å². The third kappa shape index (κ3) is 5.51. The van der Waals surface area contributed by atoms with Crippen LogP contribution in [0.1, 0.15) is 38.3 Å². The lowest BCUT2D eigenvalue weighted by Crippen LogP contribution is -2.21. The van der Waals surface area contributed by atoms with Crippen LogP contribution in [0, 0.1) is 0 Å². The molecule has 0 saturated carbocycles. The monoisotopic (exact) mass is 275 g/mol. The summed E-state index contributed by atoms with van der Waals surface area (Å²) in [5.74, 6) is 0.527. The van der Waals surface area contributed by atoms with E-state index in [0.717, 1.165) is 18.5 Å². The number of hydrogen-bond acceptors (Lipinski definition) is 2. The fraction of sp³-hybridized carbons (Fsp3) is 0.571. The first-order valence-corrected chi connectivity index (χ1v) is 6.49. The molecule has 0 radical (unpaired) electrons. The van der Waals surface area contributed by atoms with E-state index >= 15 is 0 Å². The molecular weight excluding hydrogens is 255 g/mol. The Balaban J connectivity index is 2.72. The van der Waals surface area contributed by atoms with E-state index in [9.17, 15) is 13.2 Å². The van der Waals surface area contributed by atoms with Crippen LogP contribution in [0.15, 0.2) is 24.3 Å². The van der Waals surface area contributed by atoms with Gasteiger partial charge in [-0.05, 0) is 19.0 Å². The minimum absolute atomic E-state index is 0.104. The first-order valence-electron chi connectivity index (χ1n) is 6.49. The summed E-state index contributed by atoms with van der Waals surface area (Å²) in [7, 11) is 0. The maximum atomic E-state index is 12.1. The van der Waals surface area contributed by atoms with Crippen molar-refractivity contribution < 1.29 is 17.9 Å². The van der Waals surface area contributed by atoms with Crippen LogP contribution in [-0.2, 0) is 0 Å². The van der Waals surface area contributed by atoms with E-state index in [0.29, 0.717) is 5.75 Å².